The second-order valence-corrected chi connectivity index (χ2v) is 4.20. The van der Waals surface area contributed by atoms with E-state index in [1.54, 1.807) is 13.3 Å². The summed E-state index contributed by atoms with van der Waals surface area (Å²) in [6, 6.07) is 3.96. The topological polar surface area (TPSA) is 60.2 Å². The fourth-order valence-electron chi connectivity index (χ4n) is 1.89. The first kappa shape index (κ1) is 13.8. The lowest BCUT2D eigenvalue weighted by Gasteiger charge is -2.21. The minimum absolute atomic E-state index is 0.175. The summed E-state index contributed by atoms with van der Waals surface area (Å²) >= 11 is 0. The number of anilines is 1. The van der Waals surface area contributed by atoms with Crippen molar-refractivity contribution < 1.29 is 4.74 Å². The van der Waals surface area contributed by atoms with Crippen LogP contribution in [0.1, 0.15) is 26.7 Å². The first-order valence-electron chi connectivity index (χ1n) is 6.20. The lowest BCUT2D eigenvalue weighted by atomic mass is 9.95. The number of nitrogens with one attached hydrogen (secondary N) is 1. The summed E-state index contributed by atoms with van der Waals surface area (Å²) in [5.74, 6) is 2.17. The van der Waals surface area contributed by atoms with E-state index >= 15 is 0 Å². The Hall–Kier alpha value is -1.29. The first-order chi connectivity index (χ1) is 8.21. The number of aromatic nitrogens is 1. The molecule has 1 heterocycles. The van der Waals surface area contributed by atoms with Crippen LogP contribution in [-0.2, 0) is 0 Å². The number of nitrogens with two attached hydrogens (primary N) is 1. The Balaban J connectivity index is 2.43. The minimum Gasteiger partial charge on any atom is -0.495 e. The van der Waals surface area contributed by atoms with E-state index in [4.69, 9.17) is 10.5 Å². The number of rotatable bonds is 7. The Morgan fingerprint density at radius 3 is 2.53 bits per heavy atom. The summed E-state index contributed by atoms with van der Waals surface area (Å²) in [4.78, 5) is 4.24. The standard InChI is InChI=1S/C13H23N3O/c1-4-10(5-2)12(14)9-16-13-7-6-11(17-3)8-15-13/h6-8,10,12H,4-5,9,14H2,1-3H3,(H,15,16). The predicted molar refractivity (Wildman–Crippen MR) is 71.3 cm³/mol. The lowest BCUT2D eigenvalue weighted by molar-refractivity contribution is 0.406. The van der Waals surface area contributed by atoms with E-state index < -0.39 is 0 Å². The van der Waals surface area contributed by atoms with E-state index in [9.17, 15) is 0 Å². The molecule has 17 heavy (non-hydrogen) atoms. The number of pyridine rings is 1. The number of hydrogen-bond donors (Lipinski definition) is 2. The highest BCUT2D eigenvalue weighted by molar-refractivity contribution is 5.37. The van der Waals surface area contributed by atoms with Gasteiger partial charge in [-0.15, -0.1) is 0 Å². The van der Waals surface area contributed by atoms with Gasteiger partial charge in [-0.05, 0) is 18.1 Å². The molecule has 96 valence electrons. The van der Waals surface area contributed by atoms with Crippen molar-refractivity contribution in [2.45, 2.75) is 32.7 Å². The molecule has 1 unspecified atom stereocenters. The molecular weight excluding hydrogens is 214 g/mol. The van der Waals surface area contributed by atoms with Crippen LogP contribution in [0.2, 0.25) is 0 Å². The van der Waals surface area contributed by atoms with Gasteiger partial charge in [0.15, 0.2) is 0 Å². The zero-order chi connectivity index (χ0) is 12.7. The van der Waals surface area contributed by atoms with E-state index in [0.717, 1.165) is 31.0 Å². The minimum atomic E-state index is 0.175. The average molecular weight is 237 g/mol. The number of ether oxygens (including phenoxy) is 1. The van der Waals surface area contributed by atoms with Gasteiger partial charge in [0.25, 0.3) is 0 Å². The van der Waals surface area contributed by atoms with Crippen LogP contribution < -0.4 is 15.8 Å². The van der Waals surface area contributed by atoms with Crippen LogP contribution in [0.4, 0.5) is 5.82 Å². The maximum atomic E-state index is 6.13. The molecule has 0 saturated carbocycles. The van der Waals surface area contributed by atoms with Crippen LogP contribution in [0.3, 0.4) is 0 Å². The largest absolute Gasteiger partial charge is 0.495 e. The molecule has 4 nitrogen and oxygen atoms in total. The normalized spacial score (nSPS) is 12.5. The molecule has 0 saturated heterocycles. The molecule has 0 amide bonds. The summed E-state index contributed by atoms with van der Waals surface area (Å²) in [5.41, 5.74) is 6.13. The second kappa shape index (κ2) is 7.12. The Kier molecular flexibility index (Phi) is 5.77. The molecular formula is C13H23N3O. The molecule has 4 heteroatoms. The zero-order valence-electron chi connectivity index (χ0n) is 10.9. The fraction of sp³-hybridized carbons (Fsp3) is 0.615. The molecule has 0 bridgehead atoms. The number of nitrogens with zero attached hydrogens (tertiary/aromatic N) is 1. The third kappa shape index (κ3) is 4.23. The average Bonchev–Trinajstić information content (AvgIpc) is 2.38. The Bertz CT molecular complexity index is 309. The predicted octanol–water partition coefficient (Wildman–Crippen LogP) is 2.27. The highest BCUT2D eigenvalue weighted by Gasteiger charge is 2.13. The molecule has 0 fully saturated rings. The molecule has 0 spiro atoms. The van der Waals surface area contributed by atoms with Crippen LogP contribution in [0.15, 0.2) is 18.3 Å². The molecule has 0 aliphatic carbocycles. The van der Waals surface area contributed by atoms with Crippen molar-refractivity contribution in [3.05, 3.63) is 18.3 Å². The van der Waals surface area contributed by atoms with Crippen LogP contribution >= 0.6 is 0 Å². The highest BCUT2D eigenvalue weighted by atomic mass is 16.5. The van der Waals surface area contributed by atoms with Crippen molar-refractivity contribution in [3.8, 4) is 5.75 Å². The molecule has 0 radical (unpaired) electrons. The Labute approximate surface area is 104 Å². The summed E-state index contributed by atoms with van der Waals surface area (Å²) in [7, 11) is 1.63. The SMILES string of the molecule is CCC(CC)C(N)CNc1ccc(OC)cn1. The molecule has 1 atom stereocenters. The van der Waals surface area contributed by atoms with E-state index in [2.05, 4.69) is 24.1 Å². The van der Waals surface area contributed by atoms with Gasteiger partial charge in [0.05, 0.1) is 13.3 Å². The second-order valence-electron chi connectivity index (χ2n) is 4.20. The van der Waals surface area contributed by atoms with Crippen molar-refractivity contribution in [2.75, 3.05) is 19.0 Å². The van der Waals surface area contributed by atoms with Gasteiger partial charge >= 0.3 is 0 Å². The van der Waals surface area contributed by atoms with E-state index in [0.29, 0.717) is 5.92 Å². The number of hydrogen-bond acceptors (Lipinski definition) is 4. The summed E-state index contributed by atoms with van der Waals surface area (Å²) in [5, 5.41) is 3.25. The lowest BCUT2D eigenvalue weighted by Crippen LogP contribution is -2.36. The number of methoxy groups -OCH3 is 1. The third-order valence-electron chi connectivity index (χ3n) is 3.15. The maximum absolute atomic E-state index is 6.13. The van der Waals surface area contributed by atoms with Gasteiger partial charge in [-0.25, -0.2) is 4.98 Å². The quantitative estimate of drug-likeness (QED) is 0.763. The highest BCUT2D eigenvalue weighted by Crippen LogP contribution is 2.14. The fourth-order valence-corrected chi connectivity index (χ4v) is 1.89. The van der Waals surface area contributed by atoms with E-state index in [-0.39, 0.29) is 6.04 Å². The van der Waals surface area contributed by atoms with E-state index in [1.807, 2.05) is 12.1 Å². The summed E-state index contributed by atoms with van der Waals surface area (Å²) in [6.45, 7) is 5.12. The summed E-state index contributed by atoms with van der Waals surface area (Å²) in [6.07, 6.45) is 3.94. The van der Waals surface area contributed by atoms with Crippen LogP contribution in [0.5, 0.6) is 5.75 Å². The van der Waals surface area contributed by atoms with Gasteiger partial charge in [-0.1, -0.05) is 26.7 Å². The van der Waals surface area contributed by atoms with Gasteiger partial charge in [-0.3, -0.25) is 0 Å². The van der Waals surface area contributed by atoms with Gasteiger partial charge < -0.3 is 15.8 Å². The molecule has 1 rings (SSSR count). The monoisotopic (exact) mass is 237 g/mol. The van der Waals surface area contributed by atoms with Gasteiger partial charge in [0.1, 0.15) is 11.6 Å². The van der Waals surface area contributed by atoms with Crippen LogP contribution in [0.25, 0.3) is 0 Å². The Morgan fingerprint density at radius 2 is 2.06 bits per heavy atom. The molecule has 1 aromatic rings. The third-order valence-corrected chi connectivity index (χ3v) is 3.15. The van der Waals surface area contributed by atoms with Crippen molar-refractivity contribution in [1.82, 2.24) is 4.98 Å². The molecule has 0 aliphatic heterocycles. The van der Waals surface area contributed by atoms with Gasteiger partial charge in [0, 0.05) is 12.6 Å². The van der Waals surface area contributed by atoms with Crippen molar-refractivity contribution in [3.63, 3.8) is 0 Å². The zero-order valence-corrected chi connectivity index (χ0v) is 10.9. The van der Waals surface area contributed by atoms with E-state index in [1.165, 1.54) is 0 Å². The molecule has 3 N–H and O–H groups in total. The van der Waals surface area contributed by atoms with Crippen molar-refractivity contribution in [2.24, 2.45) is 11.7 Å². The van der Waals surface area contributed by atoms with Gasteiger partial charge in [-0.2, -0.15) is 0 Å². The van der Waals surface area contributed by atoms with Crippen molar-refractivity contribution in [1.29, 1.82) is 0 Å². The Morgan fingerprint density at radius 1 is 1.35 bits per heavy atom. The van der Waals surface area contributed by atoms with Crippen LogP contribution in [0, 0.1) is 5.92 Å². The van der Waals surface area contributed by atoms with Crippen molar-refractivity contribution >= 4 is 5.82 Å². The molecule has 0 aliphatic rings. The first-order valence-corrected chi connectivity index (χ1v) is 6.20. The maximum Gasteiger partial charge on any atom is 0.137 e. The van der Waals surface area contributed by atoms with Gasteiger partial charge in [0.2, 0.25) is 0 Å². The smallest absolute Gasteiger partial charge is 0.137 e. The molecule has 0 aromatic carbocycles. The molecule has 1 aromatic heterocycles. The summed E-state index contributed by atoms with van der Waals surface area (Å²) < 4.78 is 5.05. The van der Waals surface area contributed by atoms with Crippen LogP contribution in [-0.4, -0.2) is 24.7 Å².